The van der Waals surface area contributed by atoms with E-state index in [9.17, 15) is 4.79 Å². The minimum absolute atomic E-state index is 0.00917. The fourth-order valence-corrected chi connectivity index (χ4v) is 1.32. The number of hydrogen-bond acceptors (Lipinski definition) is 2. The van der Waals surface area contributed by atoms with Gasteiger partial charge < -0.3 is 11.1 Å². The number of hydrogen-bond donors (Lipinski definition) is 2. The van der Waals surface area contributed by atoms with E-state index in [0.717, 1.165) is 17.7 Å². The third-order valence-corrected chi connectivity index (χ3v) is 2.08. The Balaban J connectivity index is 2.97. The van der Waals surface area contributed by atoms with Gasteiger partial charge in [0.15, 0.2) is 0 Å². The SMILES string of the molecule is C=CC1=C(/C=C\N)CC(C)C(=O)N1. The smallest absolute Gasteiger partial charge is 0.227 e. The second kappa shape index (κ2) is 3.94. The van der Waals surface area contributed by atoms with Crippen molar-refractivity contribution in [3.8, 4) is 0 Å². The monoisotopic (exact) mass is 178 g/mol. The molecule has 1 heterocycles. The summed E-state index contributed by atoms with van der Waals surface area (Å²) < 4.78 is 0. The van der Waals surface area contributed by atoms with E-state index in [2.05, 4.69) is 11.9 Å². The summed E-state index contributed by atoms with van der Waals surface area (Å²) in [4.78, 5) is 11.3. The lowest BCUT2D eigenvalue weighted by Crippen LogP contribution is -2.33. The molecule has 0 fully saturated rings. The highest BCUT2D eigenvalue weighted by Gasteiger charge is 2.21. The summed E-state index contributed by atoms with van der Waals surface area (Å²) in [5, 5.41) is 2.77. The third kappa shape index (κ3) is 1.99. The Kier molecular flexibility index (Phi) is 2.90. The molecule has 0 aromatic carbocycles. The average Bonchev–Trinajstić information content (AvgIpc) is 2.11. The second-order valence-corrected chi connectivity index (χ2v) is 3.10. The van der Waals surface area contributed by atoms with E-state index in [1.54, 1.807) is 12.2 Å². The lowest BCUT2D eigenvalue weighted by molar-refractivity contribution is -0.124. The van der Waals surface area contributed by atoms with Gasteiger partial charge in [-0.05, 0) is 30.3 Å². The molecule has 0 radical (unpaired) electrons. The number of allylic oxidation sites excluding steroid dienone is 3. The van der Waals surface area contributed by atoms with Gasteiger partial charge in [0, 0.05) is 11.6 Å². The Labute approximate surface area is 78.0 Å². The number of amides is 1. The zero-order valence-electron chi connectivity index (χ0n) is 7.71. The molecule has 0 spiro atoms. The first-order valence-electron chi connectivity index (χ1n) is 4.23. The average molecular weight is 178 g/mol. The van der Waals surface area contributed by atoms with Crippen LogP contribution in [0.3, 0.4) is 0 Å². The van der Waals surface area contributed by atoms with Gasteiger partial charge in [0.25, 0.3) is 0 Å². The fourth-order valence-electron chi connectivity index (χ4n) is 1.32. The van der Waals surface area contributed by atoms with Crippen molar-refractivity contribution in [2.45, 2.75) is 13.3 Å². The quantitative estimate of drug-likeness (QED) is 0.664. The number of carbonyl (C=O) groups is 1. The maximum Gasteiger partial charge on any atom is 0.227 e. The summed E-state index contributed by atoms with van der Waals surface area (Å²) in [5.41, 5.74) is 7.10. The molecule has 3 nitrogen and oxygen atoms in total. The molecule has 1 aliphatic heterocycles. The van der Waals surface area contributed by atoms with E-state index in [1.165, 1.54) is 6.20 Å². The summed E-state index contributed by atoms with van der Waals surface area (Å²) in [7, 11) is 0. The van der Waals surface area contributed by atoms with Gasteiger partial charge in [-0.15, -0.1) is 0 Å². The molecule has 0 bridgehead atoms. The topological polar surface area (TPSA) is 55.1 Å². The maximum atomic E-state index is 11.3. The van der Waals surface area contributed by atoms with Crippen LogP contribution in [-0.2, 0) is 4.79 Å². The largest absolute Gasteiger partial charge is 0.405 e. The van der Waals surface area contributed by atoms with Gasteiger partial charge in [-0.3, -0.25) is 4.79 Å². The van der Waals surface area contributed by atoms with E-state index in [4.69, 9.17) is 5.73 Å². The third-order valence-electron chi connectivity index (χ3n) is 2.08. The molecule has 13 heavy (non-hydrogen) atoms. The Morgan fingerprint density at radius 1 is 1.69 bits per heavy atom. The molecule has 1 unspecified atom stereocenters. The van der Waals surface area contributed by atoms with Crippen molar-refractivity contribution in [1.29, 1.82) is 0 Å². The predicted octanol–water partition coefficient (Wildman–Crippen LogP) is 1.05. The zero-order valence-corrected chi connectivity index (χ0v) is 7.71. The first-order chi connectivity index (χ1) is 6.19. The summed E-state index contributed by atoms with van der Waals surface area (Å²) in [6, 6.07) is 0. The van der Waals surface area contributed by atoms with Crippen LogP contribution in [0, 0.1) is 5.92 Å². The highest BCUT2D eigenvalue weighted by Crippen LogP contribution is 2.21. The molecule has 0 aromatic rings. The van der Waals surface area contributed by atoms with E-state index < -0.39 is 0 Å². The molecular formula is C10H14N2O. The van der Waals surface area contributed by atoms with Gasteiger partial charge in [0.2, 0.25) is 5.91 Å². The summed E-state index contributed by atoms with van der Waals surface area (Å²) in [6.07, 6.45) is 5.63. The standard InChI is InChI=1S/C10H14N2O/c1-3-9-8(4-5-11)6-7(2)10(13)12-9/h3-5,7H,1,6,11H2,2H3,(H,12,13)/b5-4-. The van der Waals surface area contributed by atoms with Crippen molar-refractivity contribution in [3.63, 3.8) is 0 Å². The van der Waals surface area contributed by atoms with Gasteiger partial charge >= 0.3 is 0 Å². The maximum absolute atomic E-state index is 11.3. The van der Waals surface area contributed by atoms with E-state index in [0.29, 0.717) is 0 Å². The van der Waals surface area contributed by atoms with Crippen LogP contribution in [0.1, 0.15) is 13.3 Å². The van der Waals surface area contributed by atoms with Crippen molar-refractivity contribution in [2.75, 3.05) is 0 Å². The summed E-state index contributed by atoms with van der Waals surface area (Å²) in [6.45, 7) is 5.52. The molecule has 0 aromatic heterocycles. The summed E-state index contributed by atoms with van der Waals surface area (Å²) in [5.74, 6) is 0.0546. The van der Waals surface area contributed by atoms with E-state index in [-0.39, 0.29) is 11.8 Å². The normalized spacial score (nSPS) is 23.5. The molecule has 0 saturated carbocycles. The fraction of sp³-hybridized carbons (Fsp3) is 0.300. The van der Waals surface area contributed by atoms with Crippen LogP contribution in [0.2, 0.25) is 0 Å². The molecule has 3 N–H and O–H groups in total. The molecule has 0 aliphatic carbocycles. The molecule has 1 amide bonds. The van der Waals surface area contributed by atoms with Crippen LogP contribution in [0.5, 0.6) is 0 Å². The van der Waals surface area contributed by atoms with Crippen LogP contribution in [0.25, 0.3) is 0 Å². The van der Waals surface area contributed by atoms with Gasteiger partial charge in [-0.2, -0.15) is 0 Å². The summed E-state index contributed by atoms with van der Waals surface area (Å²) >= 11 is 0. The van der Waals surface area contributed by atoms with Crippen molar-refractivity contribution >= 4 is 5.91 Å². The molecular weight excluding hydrogens is 164 g/mol. The Bertz CT molecular complexity index is 289. The van der Waals surface area contributed by atoms with Crippen LogP contribution in [-0.4, -0.2) is 5.91 Å². The van der Waals surface area contributed by atoms with Crippen molar-refractivity contribution in [2.24, 2.45) is 11.7 Å². The molecule has 70 valence electrons. The predicted molar refractivity (Wildman–Crippen MR) is 52.5 cm³/mol. The molecule has 3 heteroatoms. The van der Waals surface area contributed by atoms with Crippen molar-refractivity contribution in [3.05, 3.63) is 36.2 Å². The highest BCUT2D eigenvalue weighted by molar-refractivity contribution is 5.82. The van der Waals surface area contributed by atoms with Crippen molar-refractivity contribution < 1.29 is 4.79 Å². The number of rotatable bonds is 2. The molecule has 1 atom stereocenters. The second-order valence-electron chi connectivity index (χ2n) is 3.10. The van der Waals surface area contributed by atoms with Crippen LogP contribution >= 0.6 is 0 Å². The lowest BCUT2D eigenvalue weighted by Gasteiger charge is -2.21. The van der Waals surface area contributed by atoms with Gasteiger partial charge in [0.05, 0.1) is 0 Å². The Hall–Kier alpha value is -1.51. The first kappa shape index (κ1) is 9.58. The minimum atomic E-state index is 0.00917. The zero-order chi connectivity index (χ0) is 9.84. The van der Waals surface area contributed by atoms with Crippen LogP contribution in [0.4, 0.5) is 0 Å². The van der Waals surface area contributed by atoms with E-state index >= 15 is 0 Å². The molecule has 1 aliphatic rings. The highest BCUT2D eigenvalue weighted by atomic mass is 16.1. The lowest BCUT2D eigenvalue weighted by atomic mass is 9.94. The minimum Gasteiger partial charge on any atom is -0.405 e. The van der Waals surface area contributed by atoms with Crippen LogP contribution < -0.4 is 11.1 Å². The number of nitrogens with two attached hydrogens (primary N) is 1. The van der Waals surface area contributed by atoms with Gasteiger partial charge in [0.1, 0.15) is 0 Å². The molecule has 0 saturated heterocycles. The number of nitrogens with one attached hydrogen (secondary N) is 1. The van der Waals surface area contributed by atoms with Crippen molar-refractivity contribution in [1.82, 2.24) is 5.32 Å². The Morgan fingerprint density at radius 3 is 2.92 bits per heavy atom. The van der Waals surface area contributed by atoms with Gasteiger partial charge in [-0.25, -0.2) is 0 Å². The van der Waals surface area contributed by atoms with E-state index in [1.807, 2.05) is 6.92 Å². The number of carbonyl (C=O) groups excluding carboxylic acids is 1. The van der Waals surface area contributed by atoms with Crippen LogP contribution in [0.15, 0.2) is 36.2 Å². The molecule has 1 rings (SSSR count). The van der Waals surface area contributed by atoms with Gasteiger partial charge in [-0.1, -0.05) is 13.5 Å². The Morgan fingerprint density at radius 2 is 2.38 bits per heavy atom. The first-order valence-corrected chi connectivity index (χ1v) is 4.23.